The lowest BCUT2D eigenvalue weighted by Crippen LogP contribution is -2.54. The van der Waals surface area contributed by atoms with Gasteiger partial charge in [0.2, 0.25) is 5.75 Å². The smallest absolute Gasteiger partial charge is 0.339 e. The summed E-state index contributed by atoms with van der Waals surface area (Å²) in [7, 11) is -4.29. The number of nitro groups is 1. The van der Waals surface area contributed by atoms with E-state index in [1.807, 2.05) is 5.32 Å². The molecule has 206 valence electrons. The Morgan fingerprint density at radius 3 is 2.30 bits per heavy atom. The third kappa shape index (κ3) is 5.80. The highest BCUT2D eigenvalue weighted by Gasteiger charge is 2.37. The largest absolute Gasteiger partial charge is 0.490 e. The summed E-state index contributed by atoms with van der Waals surface area (Å²) >= 11 is 6.36. The fourth-order valence-electron chi connectivity index (χ4n) is 3.66. The van der Waals surface area contributed by atoms with Crippen molar-refractivity contribution in [1.29, 1.82) is 0 Å². The molecule has 0 atom stereocenters. The number of halogens is 1. The molecule has 3 aromatic rings. The van der Waals surface area contributed by atoms with Crippen molar-refractivity contribution in [3.8, 4) is 11.5 Å². The van der Waals surface area contributed by atoms with E-state index in [-0.39, 0.29) is 45.0 Å². The minimum atomic E-state index is -4.29. The maximum atomic E-state index is 13.2. The second-order valence-corrected chi connectivity index (χ2v) is 10.3. The summed E-state index contributed by atoms with van der Waals surface area (Å²) in [6.07, 6.45) is 1.13. The van der Waals surface area contributed by atoms with Gasteiger partial charge >= 0.3 is 16.1 Å². The molecule has 0 saturated carbocycles. The first-order valence-corrected chi connectivity index (χ1v) is 13.3. The van der Waals surface area contributed by atoms with Crippen LogP contribution in [-0.2, 0) is 19.7 Å². The number of hydrogen-bond acceptors (Lipinski definition) is 9. The van der Waals surface area contributed by atoms with E-state index in [0.717, 1.165) is 23.8 Å². The van der Waals surface area contributed by atoms with Gasteiger partial charge in [0.05, 0.1) is 22.2 Å². The monoisotopic (exact) mass is 585 g/mol. The molecule has 0 aliphatic carbocycles. The van der Waals surface area contributed by atoms with Gasteiger partial charge in [0, 0.05) is 12.1 Å². The highest BCUT2D eigenvalue weighted by molar-refractivity contribution is 7.87. The highest BCUT2D eigenvalue weighted by Crippen LogP contribution is 2.39. The van der Waals surface area contributed by atoms with Gasteiger partial charge in [0.25, 0.3) is 17.5 Å². The number of nitrogens with zero attached hydrogens (tertiary/aromatic N) is 2. The average Bonchev–Trinajstić information content (AvgIpc) is 2.89. The van der Waals surface area contributed by atoms with Gasteiger partial charge in [-0.05, 0) is 61.9 Å². The van der Waals surface area contributed by atoms with Gasteiger partial charge in [0.1, 0.15) is 10.5 Å². The highest BCUT2D eigenvalue weighted by atomic mass is 35.5. The number of benzene rings is 3. The van der Waals surface area contributed by atoms with Crippen LogP contribution >= 0.6 is 11.6 Å². The molecule has 1 aliphatic heterocycles. The zero-order valence-corrected chi connectivity index (χ0v) is 22.5. The van der Waals surface area contributed by atoms with Crippen LogP contribution in [-0.4, -0.2) is 37.8 Å². The van der Waals surface area contributed by atoms with Crippen LogP contribution < -0.4 is 19.1 Å². The maximum absolute atomic E-state index is 13.2. The molecule has 1 heterocycles. The van der Waals surface area contributed by atoms with Gasteiger partial charge < -0.3 is 8.92 Å². The number of carbonyl (C=O) groups is 3. The number of ether oxygens (including phenoxy) is 1. The van der Waals surface area contributed by atoms with Crippen LogP contribution in [0.25, 0.3) is 6.08 Å². The Morgan fingerprint density at radius 1 is 1.05 bits per heavy atom. The number of nitrogens with one attached hydrogen (secondary N) is 1. The number of aryl methyl sites for hydroxylation is 1. The quantitative estimate of drug-likeness (QED) is 0.133. The molecule has 1 N–H and O–H groups in total. The zero-order valence-electron chi connectivity index (χ0n) is 20.9. The van der Waals surface area contributed by atoms with Crippen molar-refractivity contribution >= 4 is 57.0 Å². The molecule has 1 saturated heterocycles. The van der Waals surface area contributed by atoms with E-state index in [1.165, 1.54) is 36.4 Å². The molecule has 0 aromatic heterocycles. The molecule has 14 heteroatoms. The van der Waals surface area contributed by atoms with E-state index in [9.17, 15) is 32.9 Å². The van der Waals surface area contributed by atoms with E-state index < -0.39 is 38.5 Å². The summed E-state index contributed by atoms with van der Waals surface area (Å²) in [5, 5.41) is 12.8. The van der Waals surface area contributed by atoms with E-state index in [4.69, 9.17) is 20.5 Å². The number of barbiturate groups is 1. The van der Waals surface area contributed by atoms with Crippen molar-refractivity contribution < 1.29 is 36.6 Å². The topological polar surface area (TPSA) is 162 Å². The molecule has 0 bridgehead atoms. The SMILES string of the molecule is CCOc1cc(/C=C2\C(=O)NC(=O)N(c3ccc([N+](=O)[O-])cc3)C2=O)cc(Cl)c1OS(=O)(=O)c1ccc(C)cc1. The van der Waals surface area contributed by atoms with Gasteiger partial charge in [0.15, 0.2) is 5.75 Å². The first-order chi connectivity index (χ1) is 18.9. The summed E-state index contributed by atoms with van der Waals surface area (Å²) in [4.78, 5) is 49.0. The molecule has 4 rings (SSSR count). The molecule has 0 unspecified atom stereocenters. The number of urea groups is 1. The summed E-state index contributed by atoms with van der Waals surface area (Å²) in [5.41, 5.74) is 0.275. The standard InChI is InChI=1S/C26H20ClN3O9S/c1-3-38-22-14-16(13-21(27)23(22)39-40(36,37)19-10-4-15(2)5-11-19)12-20-24(31)28-26(33)29(25(20)32)17-6-8-18(9-7-17)30(34)35/h4-14H,3H2,1-2H3,(H,28,31,33)/b20-12+. The van der Waals surface area contributed by atoms with Crippen LogP contribution in [0, 0.1) is 17.0 Å². The Morgan fingerprint density at radius 2 is 1.70 bits per heavy atom. The Balaban J connectivity index is 1.70. The maximum Gasteiger partial charge on any atom is 0.339 e. The minimum absolute atomic E-state index is 0.00963. The normalized spacial score (nSPS) is 14.7. The van der Waals surface area contributed by atoms with Crippen molar-refractivity contribution in [3.63, 3.8) is 0 Å². The summed E-state index contributed by atoms with van der Waals surface area (Å²) in [6, 6.07) is 12.1. The van der Waals surface area contributed by atoms with E-state index in [0.29, 0.717) is 4.90 Å². The third-order valence-electron chi connectivity index (χ3n) is 5.57. The lowest BCUT2D eigenvalue weighted by molar-refractivity contribution is -0.384. The molecule has 1 fully saturated rings. The van der Waals surface area contributed by atoms with Gasteiger partial charge in [-0.15, -0.1) is 0 Å². The summed E-state index contributed by atoms with van der Waals surface area (Å²) in [5.74, 6) is -2.37. The summed E-state index contributed by atoms with van der Waals surface area (Å²) in [6.45, 7) is 3.54. The molecule has 1 aliphatic rings. The minimum Gasteiger partial charge on any atom is -0.490 e. The second-order valence-electron chi connectivity index (χ2n) is 8.34. The Hall–Kier alpha value is -4.75. The number of rotatable bonds is 8. The van der Waals surface area contributed by atoms with Crippen LogP contribution in [0.4, 0.5) is 16.2 Å². The van der Waals surface area contributed by atoms with Crippen molar-refractivity contribution in [2.75, 3.05) is 11.5 Å². The Bertz CT molecular complexity index is 1670. The lowest BCUT2D eigenvalue weighted by Gasteiger charge is -2.26. The molecule has 4 amide bonds. The molecule has 0 radical (unpaired) electrons. The zero-order chi connectivity index (χ0) is 29.2. The number of imide groups is 2. The number of amides is 4. The lowest BCUT2D eigenvalue weighted by atomic mass is 10.1. The first-order valence-electron chi connectivity index (χ1n) is 11.5. The van der Waals surface area contributed by atoms with Crippen LogP contribution in [0.2, 0.25) is 5.02 Å². The number of hydrogen-bond donors (Lipinski definition) is 1. The van der Waals surface area contributed by atoms with Gasteiger partial charge in [-0.1, -0.05) is 29.3 Å². The average molecular weight is 586 g/mol. The van der Waals surface area contributed by atoms with E-state index >= 15 is 0 Å². The molecule has 0 spiro atoms. The predicted octanol–water partition coefficient (Wildman–Crippen LogP) is 4.39. The fourth-order valence-corrected chi connectivity index (χ4v) is 4.92. The fraction of sp³-hybridized carbons (Fsp3) is 0.115. The van der Waals surface area contributed by atoms with E-state index in [1.54, 1.807) is 26.0 Å². The Labute approximate surface area is 233 Å². The number of carbonyl (C=O) groups excluding carboxylic acids is 3. The molecule has 40 heavy (non-hydrogen) atoms. The van der Waals surface area contributed by atoms with Gasteiger partial charge in [-0.25, -0.2) is 9.69 Å². The molecule has 3 aromatic carbocycles. The van der Waals surface area contributed by atoms with Crippen LogP contribution in [0.3, 0.4) is 0 Å². The summed E-state index contributed by atoms with van der Waals surface area (Å²) < 4.78 is 36.5. The third-order valence-corrected chi connectivity index (χ3v) is 7.08. The first kappa shape index (κ1) is 28.3. The number of nitro benzene ring substituents is 1. The Kier molecular flexibility index (Phi) is 7.89. The molecular formula is C26H20ClN3O9S. The van der Waals surface area contributed by atoms with Crippen molar-refractivity contribution in [2.24, 2.45) is 0 Å². The van der Waals surface area contributed by atoms with Gasteiger partial charge in [-0.3, -0.25) is 25.0 Å². The van der Waals surface area contributed by atoms with E-state index in [2.05, 4.69) is 0 Å². The van der Waals surface area contributed by atoms with Crippen LogP contribution in [0.15, 0.2) is 71.1 Å². The second kappa shape index (κ2) is 11.2. The molecule has 12 nitrogen and oxygen atoms in total. The van der Waals surface area contributed by atoms with Crippen molar-refractivity contribution in [2.45, 2.75) is 18.7 Å². The van der Waals surface area contributed by atoms with Crippen molar-refractivity contribution in [3.05, 3.63) is 92.5 Å². The number of non-ortho nitro benzene ring substituents is 1. The van der Waals surface area contributed by atoms with Crippen molar-refractivity contribution in [1.82, 2.24) is 5.32 Å². The predicted molar refractivity (Wildman–Crippen MR) is 144 cm³/mol. The molecular weight excluding hydrogens is 566 g/mol. The van der Waals surface area contributed by atoms with Crippen LogP contribution in [0.1, 0.15) is 18.1 Å². The number of anilines is 1. The van der Waals surface area contributed by atoms with Gasteiger partial charge in [-0.2, -0.15) is 8.42 Å². The van der Waals surface area contributed by atoms with Crippen LogP contribution in [0.5, 0.6) is 11.5 Å².